The number of aromatic nitrogens is 2. The summed E-state index contributed by atoms with van der Waals surface area (Å²) < 4.78 is 7.08. The van der Waals surface area contributed by atoms with Crippen LogP contribution in [0.1, 0.15) is 38.3 Å². The van der Waals surface area contributed by atoms with E-state index in [1.165, 1.54) is 17.5 Å². The molecule has 3 nitrogen and oxygen atoms in total. The van der Waals surface area contributed by atoms with Crippen LogP contribution in [0.5, 0.6) is 5.75 Å². The average Bonchev–Trinajstić information content (AvgIpc) is 2.88. The van der Waals surface area contributed by atoms with Crippen molar-refractivity contribution in [2.75, 3.05) is 7.11 Å². The van der Waals surface area contributed by atoms with Gasteiger partial charge in [-0.05, 0) is 29.7 Å². The van der Waals surface area contributed by atoms with Gasteiger partial charge in [0, 0.05) is 6.20 Å². The predicted molar refractivity (Wildman–Crippen MR) is 79.7 cm³/mol. The fourth-order valence-corrected chi connectivity index (χ4v) is 1.59. The number of methoxy groups -OCH3 is 1. The second-order valence-corrected chi connectivity index (χ2v) is 4.45. The zero-order valence-corrected chi connectivity index (χ0v) is 12.4. The Bertz CT molecular complexity index is 460. The summed E-state index contributed by atoms with van der Waals surface area (Å²) >= 11 is 0. The van der Waals surface area contributed by atoms with Crippen molar-refractivity contribution in [3.05, 3.63) is 47.8 Å². The van der Waals surface area contributed by atoms with Crippen molar-refractivity contribution in [1.82, 2.24) is 9.78 Å². The molecular formula is C16H24N2O. The third kappa shape index (κ3) is 5.16. The van der Waals surface area contributed by atoms with E-state index in [9.17, 15) is 0 Å². The standard InChI is InChI=1S/C13H16N2O.C3H8/c1-3-11-8-14-15(9-11)10-12-4-6-13(16-2)7-5-12;1-3-2/h4-9H,3,10H2,1-2H3;3H2,1-2H3. The number of hydrogen-bond acceptors (Lipinski definition) is 2. The van der Waals surface area contributed by atoms with Gasteiger partial charge in [-0.25, -0.2) is 0 Å². The van der Waals surface area contributed by atoms with Gasteiger partial charge in [-0.15, -0.1) is 0 Å². The molecule has 0 spiro atoms. The molecule has 0 aliphatic heterocycles. The quantitative estimate of drug-likeness (QED) is 0.833. The minimum absolute atomic E-state index is 0.810. The molecule has 104 valence electrons. The SMILES string of the molecule is CCC.CCc1cnn(Cc2ccc(OC)cc2)c1. The van der Waals surface area contributed by atoms with Crippen molar-refractivity contribution < 1.29 is 4.74 Å². The van der Waals surface area contributed by atoms with E-state index >= 15 is 0 Å². The monoisotopic (exact) mass is 260 g/mol. The molecule has 0 amide bonds. The van der Waals surface area contributed by atoms with Gasteiger partial charge in [-0.3, -0.25) is 4.68 Å². The Morgan fingerprint density at radius 2 is 1.68 bits per heavy atom. The maximum absolute atomic E-state index is 5.12. The lowest BCUT2D eigenvalue weighted by atomic mass is 10.2. The van der Waals surface area contributed by atoms with Gasteiger partial charge in [0.1, 0.15) is 5.75 Å². The Labute approximate surface area is 116 Å². The van der Waals surface area contributed by atoms with Crippen molar-refractivity contribution >= 4 is 0 Å². The van der Waals surface area contributed by atoms with Crippen LogP contribution >= 0.6 is 0 Å². The summed E-state index contributed by atoms with van der Waals surface area (Å²) in [6.07, 6.45) is 6.29. The highest BCUT2D eigenvalue weighted by atomic mass is 16.5. The second kappa shape index (κ2) is 8.35. The molecule has 3 heteroatoms. The van der Waals surface area contributed by atoms with Crippen LogP contribution in [0.15, 0.2) is 36.7 Å². The Morgan fingerprint density at radius 3 is 2.16 bits per heavy atom. The molecule has 1 aromatic carbocycles. The van der Waals surface area contributed by atoms with Crippen LogP contribution < -0.4 is 4.74 Å². The summed E-state index contributed by atoms with van der Waals surface area (Å²) in [5.41, 5.74) is 2.50. The van der Waals surface area contributed by atoms with Gasteiger partial charge in [0.25, 0.3) is 0 Å². The molecule has 0 radical (unpaired) electrons. The minimum Gasteiger partial charge on any atom is -0.497 e. The molecule has 0 N–H and O–H groups in total. The zero-order valence-electron chi connectivity index (χ0n) is 12.4. The van der Waals surface area contributed by atoms with E-state index in [2.05, 4.69) is 44.2 Å². The largest absolute Gasteiger partial charge is 0.497 e. The van der Waals surface area contributed by atoms with E-state index in [1.807, 2.05) is 23.0 Å². The van der Waals surface area contributed by atoms with Gasteiger partial charge in [-0.1, -0.05) is 39.3 Å². The predicted octanol–water partition coefficient (Wildman–Crippen LogP) is 3.92. The number of rotatable bonds is 4. The van der Waals surface area contributed by atoms with Crippen molar-refractivity contribution in [2.45, 2.75) is 40.2 Å². The summed E-state index contributed by atoms with van der Waals surface area (Å²) in [6.45, 7) is 7.19. The van der Waals surface area contributed by atoms with E-state index in [-0.39, 0.29) is 0 Å². The summed E-state index contributed by atoms with van der Waals surface area (Å²) in [6, 6.07) is 8.07. The van der Waals surface area contributed by atoms with Crippen LogP contribution in [-0.4, -0.2) is 16.9 Å². The number of nitrogens with zero attached hydrogens (tertiary/aromatic N) is 2. The molecule has 1 aromatic heterocycles. The van der Waals surface area contributed by atoms with Crippen LogP contribution in [0.25, 0.3) is 0 Å². The normalized spacial score (nSPS) is 9.68. The molecule has 0 bridgehead atoms. The van der Waals surface area contributed by atoms with E-state index in [0.717, 1.165) is 18.7 Å². The molecule has 0 unspecified atom stereocenters. The first-order chi connectivity index (χ1) is 9.23. The first-order valence-electron chi connectivity index (χ1n) is 6.87. The van der Waals surface area contributed by atoms with Crippen LogP contribution in [0.2, 0.25) is 0 Å². The molecule has 2 rings (SSSR count). The highest BCUT2D eigenvalue weighted by Gasteiger charge is 1.98. The summed E-state index contributed by atoms with van der Waals surface area (Å²) in [4.78, 5) is 0. The number of ether oxygens (including phenoxy) is 1. The molecule has 0 aliphatic carbocycles. The van der Waals surface area contributed by atoms with E-state index in [4.69, 9.17) is 4.74 Å². The average molecular weight is 260 g/mol. The van der Waals surface area contributed by atoms with E-state index in [1.54, 1.807) is 7.11 Å². The maximum Gasteiger partial charge on any atom is 0.118 e. The third-order valence-electron chi connectivity index (χ3n) is 2.60. The van der Waals surface area contributed by atoms with Crippen LogP contribution in [0.4, 0.5) is 0 Å². The van der Waals surface area contributed by atoms with Gasteiger partial charge in [0.05, 0.1) is 19.9 Å². The summed E-state index contributed by atoms with van der Waals surface area (Å²) in [5.74, 6) is 0.887. The molecule has 0 fully saturated rings. The Kier molecular flexibility index (Phi) is 6.72. The van der Waals surface area contributed by atoms with E-state index in [0.29, 0.717) is 0 Å². The lowest BCUT2D eigenvalue weighted by Crippen LogP contribution is -1.99. The van der Waals surface area contributed by atoms with Crippen molar-refractivity contribution in [3.8, 4) is 5.75 Å². The zero-order chi connectivity index (χ0) is 14.1. The molecule has 0 saturated heterocycles. The van der Waals surface area contributed by atoms with Gasteiger partial charge in [0.2, 0.25) is 0 Å². The molecule has 1 heterocycles. The molecule has 19 heavy (non-hydrogen) atoms. The maximum atomic E-state index is 5.12. The topological polar surface area (TPSA) is 27.1 Å². The third-order valence-corrected chi connectivity index (χ3v) is 2.60. The fourth-order valence-electron chi connectivity index (χ4n) is 1.59. The first-order valence-corrected chi connectivity index (χ1v) is 6.87. The van der Waals surface area contributed by atoms with E-state index < -0.39 is 0 Å². The minimum atomic E-state index is 0.810. The van der Waals surface area contributed by atoms with Crippen molar-refractivity contribution in [1.29, 1.82) is 0 Å². The number of benzene rings is 1. The van der Waals surface area contributed by atoms with Crippen molar-refractivity contribution in [3.63, 3.8) is 0 Å². The van der Waals surface area contributed by atoms with Crippen LogP contribution in [0.3, 0.4) is 0 Å². The highest BCUT2D eigenvalue weighted by Crippen LogP contribution is 2.12. The Balaban J connectivity index is 0.000000550. The van der Waals surface area contributed by atoms with Crippen LogP contribution in [-0.2, 0) is 13.0 Å². The van der Waals surface area contributed by atoms with Gasteiger partial charge >= 0.3 is 0 Å². The molecular weight excluding hydrogens is 236 g/mol. The van der Waals surface area contributed by atoms with Gasteiger partial charge < -0.3 is 4.74 Å². The molecule has 2 aromatic rings. The first kappa shape index (κ1) is 15.3. The summed E-state index contributed by atoms with van der Waals surface area (Å²) in [7, 11) is 1.68. The van der Waals surface area contributed by atoms with Gasteiger partial charge in [0.15, 0.2) is 0 Å². The highest BCUT2D eigenvalue weighted by molar-refractivity contribution is 5.27. The molecule has 0 aliphatic rings. The van der Waals surface area contributed by atoms with Crippen molar-refractivity contribution in [2.24, 2.45) is 0 Å². The smallest absolute Gasteiger partial charge is 0.118 e. The lowest BCUT2D eigenvalue weighted by Gasteiger charge is -2.03. The Hall–Kier alpha value is -1.77. The van der Waals surface area contributed by atoms with Gasteiger partial charge in [-0.2, -0.15) is 5.10 Å². The Morgan fingerprint density at radius 1 is 1.05 bits per heavy atom. The number of hydrogen-bond donors (Lipinski definition) is 0. The summed E-state index contributed by atoms with van der Waals surface area (Å²) in [5, 5.41) is 4.31. The fraction of sp³-hybridized carbons (Fsp3) is 0.438. The lowest BCUT2D eigenvalue weighted by molar-refractivity contribution is 0.414. The van der Waals surface area contributed by atoms with Crippen LogP contribution in [0, 0.1) is 0 Å². The molecule has 0 atom stereocenters. The number of aryl methyl sites for hydroxylation is 1. The molecule has 0 saturated carbocycles. The second-order valence-electron chi connectivity index (χ2n) is 4.45.